The highest BCUT2D eigenvalue weighted by Gasteiger charge is 2.14. The smallest absolute Gasteiger partial charge is 0.250 e. The Labute approximate surface area is 133 Å². The molecule has 3 N–H and O–H groups in total. The normalized spacial score (nSPS) is 11.4. The summed E-state index contributed by atoms with van der Waals surface area (Å²) in [5.41, 5.74) is 7.89. The number of nitrogens with zero attached hydrogens (tertiary/aromatic N) is 2. The molecule has 0 heterocycles. The summed E-state index contributed by atoms with van der Waals surface area (Å²) in [4.78, 5) is 16.1. The predicted octanol–water partition coefficient (Wildman–Crippen LogP) is 3.41. The summed E-state index contributed by atoms with van der Waals surface area (Å²) >= 11 is 5.87. The molecule has 1 amide bonds. The summed E-state index contributed by atoms with van der Waals surface area (Å²) in [5, 5.41) is 11.3. The number of hydroxylamine groups is 1. The SMILES string of the molecule is CC(=Nc1c(C(N)=O)cccc1N(C)O)c1ccc(Cl)cc1. The highest BCUT2D eigenvalue weighted by Crippen LogP contribution is 2.31. The highest BCUT2D eigenvalue weighted by molar-refractivity contribution is 6.30. The molecule has 0 aliphatic rings. The highest BCUT2D eigenvalue weighted by atomic mass is 35.5. The molecular weight excluding hydrogens is 302 g/mol. The first kappa shape index (κ1) is 16.0. The molecule has 0 saturated carbocycles. The van der Waals surface area contributed by atoms with E-state index in [-0.39, 0.29) is 5.56 Å². The Morgan fingerprint density at radius 2 is 1.86 bits per heavy atom. The maximum atomic E-state index is 11.6. The van der Waals surface area contributed by atoms with E-state index in [0.29, 0.717) is 22.1 Å². The van der Waals surface area contributed by atoms with Gasteiger partial charge in [-0.15, -0.1) is 0 Å². The third-order valence-electron chi connectivity index (χ3n) is 3.17. The second-order valence-corrected chi connectivity index (χ2v) is 5.20. The average molecular weight is 318 g/mol. The number of amides is 1. The van der Waals surface area contributed by atoms with Crippen molar-refractivity contribution >= 4 is 34.6 Å². The predicted molar refractivity (Wildman–Crippen MR) is 88.5 cm³/mol. The quantitative estimate of drug-likeness (QED) is 0.670. The van der Waals surface area contributed by atoms with Crippen LogP contribution in [0.4, 0.5) is 11.4 Å². The number of anilines is 1. The molecule has 22 heavy (non-hydrogen) atoms. The summed E-state index contributed by atoms with van der Waals surface area (Å²) in [7, 11) is 1.46. The molecule has 6 heteroatoms. The van der Waals surface area contributed by atoms with Crippen LogP contribution in [0.15, 0.2) is 47.5 Å². The molecule has 0 radical (unpaired) electrons. The van der Waals surface area contributed by atoms with Crippen molar-refractivity contribution in [2.24, 2.45) is 10.7 Å². The van der Waals surface area contributed by atoms with Gasteiger partial charge >= 0.3 is 0 Å². The molecule has 5 nitrogen and oxygen atoms in total. The van der Waals surface area contributed by atoms with Crippen LogP contribution in [0, 0.1) is 0 Å². The monoisotopic (exact) mass is 317 g/mol. The number of aliphatic imine (C=N–C) groups is 1. The molecular formula is C16H16ClN3O2. The molecule has 2 rings (SSSR count). The number of carbonyl (C=O) groups is 1. The van der Waals surface area contributed by atoms with E-state index in [9.17, 15) is 10.0 Å². The van der Waals surface area contributed by atoms with E-state index in [1.54, 1.807) is 30.3 Å². The van der Waals surface area contributed by atoms with Crippen LogP contribution in [-0.4, -0.2) is 23.9 Å². The van der Waals surface area contributed by atoms with Crippen molar-refractivity contribution in [1.29, 1.82) is 0 Å². The van der Waals surface area contributed by atoms with Crippen LogP contribution in [0.3, 0.4) is 0 Å². The van der Waals surface area contributed by atoms with E-state index in [2.05, 4.69) is 4.99 Å². The van der Waals surface area contributed by atoms with Crippen LogP contribution in [-0.2, 0) is 0 Å². The largest absolute Gasteiger partial charge is 0.366 e. The first-order valence-corrected chi connectivity index (χ1v) is 6.94. The molecule has 0 aliphatic carbocycles. The molecule has 2 aromatic carbocycles. The summed E-state index contributed by atoms with van der Waals surface area (Å²) < 4.78 is 0. The second kappa shape index (κ2) is 6.60. The van der Waals surface area contributed by atoms with Gasteiger partial charge in [0.2, 0.25) is 0 Å². The third kappa shape index (κ3) is 3.44. The number of para-hydroxylation sites is 1. The van der Waals surface area contributed by atoms with E-state index in [0.717, 1.165) is 10.6 Å². The lowest BCUT2D eigenvalue weighted by Gasteiger charge is -2.15. The lowest BCUT2D eigenvalue weighted by molar-refractivity contribution is 0.100. The Morgan fingerprint density at radius 3 is 2.41 bits per heavy atom. The molecule has 0 saturated heterocycles. The third-order valence-corrected chi connectivity index (χ3v) is 3.42. The summed E-state index contributed by atoms with van der Waals surface area (Å²) in [6.07, 6.45) is 0. The van der Waals surface area contributed by atoms with Crippen molar-refractivity contribution in [1.82, 2.24) is 0 Å². The lowest BCUT2D eigenvalue weighted by Crippen LogP contribution is -2.15. The van der Waals surface area contributed by atoms with Crippen molar-refractivity contribution in [3.05, 3.63) is 58.6 Å². The summed E-state index contributed by atoms with van der Waals surface area (Å²) in [6.45, 7) is 1.81. The van der Waals surface area contributed by atoms with E-state index >= 15 is 0 Å². The van der Waals surface area contributed by atoms with Crippen molar-refractivity contribution < 1.29 is 10.0 Å². The van der Waals surface area contributed by atoms with Gasteiger partial charge in [-0.25, -0.2) is 0 Å². The first-order chi connectivity index (χ1) is 10.4. The second-order valence-electron chi connectivity index (χ2n) is 4.77. The van der Waals surface area contributed by atoms with E-state index < -0.39 is 5.91 Å². The van der Waals surface area contributed by atoms with E-state index in [1.165, 1.54) is 7.05 Å². The van der Waals surface area contributed by atoms with Crippen LogP contribution in [0.2, 0.25) is 5.02 Å². The lowest BCUT2D eigenvalue weighted by atomic mass is 10.1. The number of halogens is 1. The molecule has 0 fully saturated rings. The van der Waals surface area contributed by atoms with Crippen molar-refractivity contribution in [3.63, 3.8) is 0 Å². The number of rotatable bonds is 4. The van der Waals surface area contributed by atoms with Crippen LogP contribution in [0.5, 0.6) is 0 Å². The summed E-state index contributed by atoms with van der Waals surface area (Å²) in [6, 6.07) is 12.0. The van der Waals surface area contributed by atoms with E-state index in [1.807, 2.05) is 19.1 Å². The number of nitrogens with two attached hydrogens (primary N) is 1. The minimum atomic E-state index is -0.605. The van der Waals surface area contributed by atoms with Crippen LogP contribution < -0.4 is 10.8 Å². The maximum absolute atomic E-state index is 11.6. The van der Waals surface area contributed by atoms with Crippen molar-refractivity contribution in [3.8, 4) is 0 Å². The molecule has 0 aliphatic heterocycles. The minimum absolute atomic E-state index is 0.242. The minimum Gasteiger partial charge on any atom is -0.366 e. The fourth-order valence-electron chi connectivity index (χ4n) is 2.03. The van der Waals surface area contributed by atoms with Gasteiger partial charge in [-0.2, -0.15) is 0 Å². The number of carbonyl (C=O) groups excluding carboxylic acids is 1. The zero-order valence-corrected chi connectivity index (χ0v) is 13.0. The van der Waals surface area contributed by atoms with Crippen LogP contribution in [0.1, 0.15) is 22.8 Å². The van der Waals surface area contributed by atoms with Gasteiger partial charge < -0.3 is 5.73 Å². The van der Waals surface area contributed by atoms with Crippen molar-refractivity contribution in [2.75, 3.05) is 12.1 Å². The number of benzene rings is 2. The Hall–Kier alpha value is -2.37. The first-order valence-electron chi connectivity index (χ1n) is 6.57. The van der Waals surface area contributed by atoms with Gasteiger partial charge in [-0.05, 0) is 36.8 Å². The van der Waals surface area contributed by atoms with Crippen LogP contribution in [0.25, 0.3) is 0 Å². The van der Waals surface area contributed by atoms with Gasteiger partial charge in [-0.1, -0.05) is 29.8 Å². The van der Waals surface area contributed by atoms with Gasteiger partial charge in [0, 0.05) is 17.8 Å². The zero-order chi connectivity index (χ0) is 16.3. The zero-order valence-electron chi connectivity index (χ0n) is 12.2. The van der Waals surface area contributed by atoms with E-state index in [4.69, 9.17) is 17.3 Å². The van der Waals surface area contributed by atoms with Crippen molar-refractivity contribution in [2.45, 2.75) is 6.92 Å². The Morgan fingerprint density at radius 1 is 1.23 bits per heavy atom. The maximum Gasteiger partial charge on any atom is 0.250 e. The fraction of sp³-hybridized carbons (Fsp3) is 0.125. The number of hydrogen-bond acceptors (Lipinski definition) is 4. The molecule has 0 bridgehead atoms. The van der Waals surface area contributed by atoms with Gasteiger partial charge in [0.15, 0.2) is 0 Å². The average Bonchev–Trinajstić information content (AvgIpc) is 2.47. The molecule has 0 aromatic heterocycles. The molecule has 0 atom stereocenters. The Kier molecular flexibility index (Phi) is 4.80. The molecule has 0 spiro atoms. The standard InChI is InChI=1S/C16H16ClN3O2/c1-10(11-6-8-12(17)9-7-11)19-15-13(16(18)21)4-3-5-14(15)20(2)22/h3-9,22H,1-2H3,(H2,18,21). The van der Waals surface area contributed by atoms with Gasteiger partial charge in [-0.3, -0.25) is 20.1 Å². The topological polar surface area (TPSA) is 78.9 Å². The fourth-order valence-corrected chi connectivity index (χ4v) is 2.16. The van der Waals surface area contributed by atoms with Gasteiger partial charge in [0.1, 0.15) is 5.69 Å². The Bertz CT molecular complexity index is 725. The number of hydrogen-bond donors (Lipinski definition) is 2. The molecule has 2 aromatic rings. The van der Waals surface area contributed by atoms with Gasteiger partial charge in [0.05, 0.1) is 11.3 Å². The number of primary amides is 1. The van der Waals surface area contributed by atoms with Crippen LogP contribution >= 0.6 is 11.6 Å². The molecule has 114 valence electrons. The Balaban J connectivity index is 2.57. The molecule has 0 unspecified atom stereocenters. The van der Waals surface area contributed by atoms with Gasteiger partial charge in [0.25, 0.3) is 5.91 Å². The summed E-state index contributed by atoms with van der Waals surface area (Å²) in [5.74, 6) is -0.605.